The van der Waals surface area contributed by atoms with E-state index in [4.69, 9.17) is 0 Å². The summed E-state index contributed by atoms with van der Waals surface area (Å²) in [5, 5.41) is 8.36. The van der Waals surface area contributed by atoms with E-state index in [2.05, 4.69) is 17.6 Å². The van der Waals surface area contributed by atoms with Gasteiger partial charge in [-0.25, -0.2) is 0 Å². The fourth-order valence-corrected chi connectivity index (χ4v) is 2.82. The highest BCUT2D eigenvalue weighted by Crippen LogP contribution is 2.36. The van der Waals surface area contributed by atoms with E-state index >= 15 is 0 Å². The minimum absolute atomic E-state index is 0.00371. The van der Waals surface area contributed by atoms with E-state index in [1.165, 1.54) is 17.7 Å². The largest absolute Gasteiger partial charge is 0.325 e. The van der Waals surface area contributed by atoms with Gasteiger partial charge in [-0.3, -0.25) is 4.79 Å². The van der Waals surface area contributed by atoms with Crippen LogP contribution in [-0.4, -0.2) is 12.5 Å². The van der Waals surface area contributed by atoms with E-state index in [9.17, 15) is 4.79 Å². The first kappa shape index (κ1) is 12.6. The predicted molar refractivity (Wildman–Crippen MR) is 72.2 cm³/mol. The number of hydrogen-bond acceptors (Lipinski definition) is 3. The van der Waals surface area contributed by atoms with Crippen molar-refractivity contribution in [1.29, 1.82) is 0 Å². The van der Waals surface area contributed by atoms with Crippen LogP contribution >= 0.6 is 11.3 Å². The van der Waals surface area contributed by atoms with Crippen molar-refractivity contribution in [3.63, 3.8) is 0 Å². The number of carbonyl (C=O) groups excluding carboxylic acids is 1. The molecule has 3 nitrogen and oxygen atoms in total. The molecule has 1 aliphatic carbocycles. The topological polar surface area (TPSA) is 41.1 Å². The number of thiophene rings is 1. The highest BCUT2D eigenvalue weighted by molar-refractivity contribution is 7.10. The molecular formula is C13H20N2OS. The summed E-state index contributed by atoms with van der Waals surface area (Å²) in [5.41, 5.74) is 0.953. The molecule has 0 aromatic carbocycles. The molecule has 2 N–H and O–H groups in total. The van der Waals surface area contributed by atoms with Gasteiger partial charge in [0, 0.05) is 18.3 Å². The molecule has 1 heterocycles. The summed E-state index contributed by atoms with van der Waals surface area (Å²) in [6, 6.07) is 1.97. The molecule has 4 heteroatoms. The lowest BCUT2D eigenvalue weighted by Crippen LogP contribution is -2.22. The van der Waals surface area contributed by atoms with Gasteiger partial charge in [0.05, 0.1) is 5.69 Å². The average molecular weight is 252 g/mol. The number of nitrogens with one attached hydrogen (secondary N) is 2. The van der Waals surface area contributed by atoms with Gasteiger partial charge in [0.1, 0.15) is 0 Å². The molecule has 0 spiro atoms. The summed E-state index contributed by atoms with van der Waals surface area (Å²) in [5.74, 6) is 1.72. The van der Waals surface area contributed by atoms with Gasteiger partial charge in [0.15, 0.2) is 0 Å². The van der Waals surface area contributed by atoms with E-state index in [-0.39, 0.29) is 5.91 Å². The Bertz CT molecular complexity index is 385. The first-order valence-corrected chi connectivity index (χ1v) is 7.09. The highest BCUT2D eigenvalue weighted by Gasteiger charge is 2.27. The fraction of sp³-hybridized carbons (Fsp3) is 0.615. The SMILES string of the molecule is CC(=O)Nc1ccsc1CNCC(C)C1CC1. The molecule has 1 atom stereocenters. The van der Waals surface area contributed by atoms with Gasteiger partial charge in [-0.15, -0.1) is 11.3 Å². The Morgan fingerprint density at radius 2 is 2.35 bits per heavy atom. The summed E-state index contributed by atoms with van der Waals surface area (Å²) < 4.78 is 0. The quantitative estimate of drug-likeness (QED) is 0.817. The molecule has 0 saturated heterocycles. The van der Waals surface area contributed by atoms with Crippen LogP contribution in [0.3, 0.4) is 0 Å². The first-order valence-electron chi connectivity index (χ1n) is 6.21. The molecule has 17 heavy (non-hydrogen) atoms. The van der Waals surface area contributed by atoms with Crippen LogP contribution in [0.25, 0.3) is 0 Å². The van der Waals surface area contributed by atoms with Crippen LogP contribution in [-0.2, 0) is 11.3 Å². The third-order valence-electron chi connectivity index (χ3n) is 3.23. The maximum absolute atomic E-state index is 11.0. The number of amides is 1. The van der Waals surface area contributed by atoms with Gasteiger partial charge < -0.3 is 10.6 Å². The maximum Gasteiger partial charge on any atom is 0.221 e. The molecule has 1 aromatic rings. The molecule has 1 saturated carbocycles. The van der Waals surface area contributed by atoms with E-state index < -0.39 is 0 Å². The Morgan fingerprint density at radius 3 is 3.00 bits per heavy atom. The maximum atomic E-state index is 11.0. The molecule has 1 amide bonds. The third kappa shape index (κ3) is 3.82. The lowest BCUT2D eigenvalue weighted by molar-refractivity contribution is -0.114. The van der Waals surface area contributed by atoms with Crippen molar-refractivity contribution in [2.45, 2.75) is 33.2 Å². The van der Waals surface area contributed by atoms with Crippen LogP contribution in [0.2, 0.25) is 0 Å². The summed E-state index contributed by atoms with van der Waals surface area (Å²) in [6.07, 6.45) is 2.80. The van der Waals surface area contributed by atoms with Crippen molar-refractivity contribution >= 4 is 22.9 Å². The summed E-state index contributed by atoms with van der Waals surface area (Å²) >= 11 is 1.69. The molecule has 0 aliphatic heterocycles. The molecular weight excluding hydrogens is 232 g/mol. The Labute approximate surface area is 107 Å². The molecule has 0 bridgehead atoms. The van der Waals surface area contributed by atoms with Crippen LogP contribution in [0.4, 0.5) is 5.69 Å². The zero-order valence-corrected chi connectivity index (χ0v) is 11.3. The van der Waals surface area contributed by atoms with Crippen LogP contribution in [0.1, 0.15) is 31.6 Å². The summed E-state index contributed by atoms with van der Waals surface area (Å²) in [7, 11) is 0. The minimum atomic E-state index is -0.00371. The van der Waals surface area contributed by atoms with Gasteiger partial charge in [0.25, 0.3) is 0 Å². The second kappa shape index (κ2) is 5.65. The van der Waals surface area contributed by atoms with Crippen molar-refractivity contribution in [2.75, 3.05) is 11.9 Å². The molecule has 94 valence electrons. The number of carbonyl (C=O) groups is 1. The zero-order chi connectivity index (χ0) is 12.3. The Kier molecular flexibility index (Phi) is 4.18. The van der Waals surface area contributed by atoms with E-state index in [1.54, 1.807) is 18.3 Å². The summed E-state index contributed by atoms with van der Waals surface area (Å²) in [6.45, 7) is 5.78. The van der Waals surface area contributed by atoms with Crippen molar-refractivity contribution in [1.82, 2.24) is 5.32 Å². The van der Waals surface area contributed by atoms with Crippen LogP contribution in [0.5, 0.6) is 0 Å². The molecule has 1 aromatic heterocycles. The van der Waals surface area contributed by atoms with Gasteiger partial charge >= 0.3 is 0 Å². The molecule has 0 radical (unpaired) electrons. The van der Waals surface area contributed by atoms with Crippen LogP contribution < -0.4 is 10.6 Å². The van der Waals surface area contributed by atoms with Gasteiger partial charge in [-0.2, -0.15) is 0 Å². The predicted octanol–water partition coefficient (Wildman–Crippen LogP) is 2.84. The van der Waals surface area contributed by atoms with E-state index in [0.717, 1.165) is 30.6 Å². The second-order valence-electron chi connectivity index (χ2n) is 4.88. The second-order valence-corrected chi connectivity index (χ2v) is 5.88. The Hall–Kier alpha value is -0.870. The monoisotopic (exact) mass is 252 g/mol. The smallest absolute Gasteiger partial charge is 0.221 e. The normalized spacial score (nSPS) is 16.8. The van der Waals surface area contributed by atoms with Gasteiger partial charge in [0.2, 0.25) is 5.91 Å². The number of hydrogen-bond donors (Lipinski definition) is 2. The third-order valence-corrected chi connectivity index (χ3v) is 4.16. The molecule has 2 rings (SSSR count). The standard InChI is InChI=1S/C13H20N2OS/c1-9(11-3-4-11)7-14-8-13-12(5-6-17-13)15-10(2)16/h5-6,9,11,14H,3-4,7-8H2,1-2H3,(H,15,16). The fourth-order valence-electron chi connectivity index (χ4n) is 2.02. The minimum Gasteiger partial charge on any atom is -0.325 e. The van der Waals surface area contributed by atoms with Gasteiger partial charge in [-0.1, -0.05) is 6.92 Å². The summed E-state index contributed by atoms with van der Waals surface area (Å²) in [4.78, 5) is 12.2. The molecule has 1 fully saturated rings. The average Bonchev–Trinajstić information content (AvgIpc) is 3.03. The lowest BCUT2D eigenvalue weighted by atomic mass is 10.1. The van der Waals surface area contributed by atoms with Crippen molar-refractivity contribution in [2.24, 2.45) is 11.8 Å². The first-order chi connectivity index (χ1) is 8.16. The number of anilines is 1. The Balaban J connectivity index is 1.77. The van der Waals surface area contributed by atoms with Crippen LogP contribution in [0, 0.1) is 11.8 Å². The van der Waals surface area contributed by atoms with Crippen molar-refractivity contribution in [3.8, 4) is 0 Å². The molecule has 1 aliphatic rings. The number of rotatable bonds is 6. The van der Waals surface area contributed by atoms with Crippen molar-refractivity contribution < 1.29 is 4.79 Å². The van der Waals surface area contributed by atoms with Crippen molar-refractivity contribution in [3.05, 3.63) is 16.3 Å². The lowest BCUT2D eigenvalue weighted by Gasteiger charge is -2.11. The van der Waals surface area contributed by atoms with Gasteiger partial charge in [-0.05, 0) is 42.7 Å². The Morgan fingerprint density at radius 1 is 1.59 bits per heavy atom. The zero-order valence-electron chi connectivity index (χ0n) is 10.5. The van der Waals surface area contributed by atoms with E-state index in [1.807, 2.05) is 11.4 Å². The van der Waals surface area contributed by atoms with E-state index in [0.29, 0.717) is 0 Å². The van der Waals surface area contributed by atoms with Crippen LogP contribution in [0.15, 0.2) is 11.4 Å². The highest BCUT2D eigenvalue weighted by atomic mass is 32.1. The molecule has 1 unspecified atom stereocenters.